The van der Waals surface area contributed by atoms with Crippen LogP contribution in [-0.4, -0.2) is 70.0 Å². The molecule has 2 unspecified atom stereocenters. The molecule has 0 saturated heterocycles. The number of phosphoric ester groups is 1. The predicted octanol–water partition coefficient (Wildman–Crippen LogP) is 13.2. The molecule has 0 rings (SSSR count). The molecule has 0 amide bonds. The number of hydrogen-bond donors (Lipinski definition) is 0. The van der Waals surface area contributed by atoms with Crippen LogP contribution in [0, 0.1) is 0 Å². The molecule has 0 fully saturated rings. The molecule has 59 heavy (non-hydrogen) atoms. The molecule has 0 radical (unpaired) electrons. The van der Waals surface area contributed by atoms with E-state index in [2.05, 4.69) is 62.5 Å². The maximum atomic E-state index is 12.7. The molecule has 0 spiro atoms. The van der Waals surface area contributed by atoms with Gasteiger partial charge in [-0.2, -0.15) is 0 Å². The maximum Gasteiger partial charge on any atom is 0.306 e. The highest BCUT2D eigenvalue weighted by Crippen LogP contribution is 2.38. The van der Waals surface area contributed by atoms with Crippen molar-refractivity contribution in [3.63, 3.8) is 0 Å². The molecule has 0 bridgehead atoms. The van der Waals surface area contributed by atoms with Crippen LogP contribution in [0.4, 0.5) is 0 Å². The van der Waals surface area contributed by atoms with Crippen molar-refractivity contribution in [3.8, 4) is 0 Å². The fourth-order valence-electron chi connectivity index (χ4n) is 6.41. The molecule has 0 heterocycles. The fourth-order valence-corrected chi connectivity index (χ4v) is 7.14. The first-order valence-corrected chi connectivity index (χ1v) is 25.3. The first-order chi connectivity index (χ1) is 28.5. The van der Waals surface area contributed by atoms with E-state index in [0.717, 1.165) is 70.6 Å². The summed E-state index contributed by atoms with van der Waals surface area (Å²) in [5, 5.41) is 0. The van der Waals surface area contributed by atoms with Crippen LogP contribution < -0.4 is 4.89 Å². The molecule has 344 valence electrons. The molecule has 9 nitrogen and oxygen atoms in total. The van der Waals surface area contributed by atoms with Crippen LogP contribution in [0.25, 0.3) is 0 Å². The third-order valence-corrected chi connectivity index (χ3v) is 11.1. The minimum absolute atomic E-state index is 0.0317. The Morgan fingerprint density at radius 3 is 1.44 bits per heavy atom. The second kappa shape index (κ2) is 41.3. The Labute approximate surface area is 363 Å². The third-order valence-electron chi connectivity index (χ3n) is 10.1. The number of esters is 2. The van der Waals surface area contributed by atoms with Crippen molar-refractivity contribution < 1.29 is 42.1 Å². The van der Waals surface area contributed by atoms with Gasteiger partial charge >= 0.3 is 11.9 Å². The summed E-state index contributed by atoms with van der Waals surface area (Å²) in [4.78, 5) is 37.6. The topological polar surface area (TPSA) is 111 Å². The Kier molecular flexibility index (Phi) is 39.9. The minimum atomic E-state index is -4.63. The fraction of sp³-hybridized carbons (Fsp3) is 0.796. The van der Waals surface area contributed by atoms with Crippen LogP contribution in [0.5, 0.6) is 0 Å². The normalized spacial score (nSPS) is 13.9. The molecule has 10 heteroatoms. The zero-order valence-electron chi connectivity index (χ0n) is 38.7. The smallest absolute Gasteiger partial charge is 0.306 e. The SMILES string of the molecule is CC/C=C\C/C=C\C/C=C\C/C=C\CCCCCCCCCCCCC(=O)OC(COC(=O)CCCCCCCCCCCCCC)COP(=O)([O-])OCC[N+](C)(C)C. The highest BCUT2D eigenvalue weighted by molar-refractivity contribution is 7.45. The van der Waals surface area contributed by atoms with Crippen LogP contribution in [0.2, 0.25) is 0 Å². The molecular weight excluding hydrogens is 762 g/mol. The number of phosphoric acid groups is 1. The predicted molar refractivity (Wildman–Crippen MR) is 245 cm³/mol. The first kappa shape index (κ1) is 57.0. The summed E-state index contributed by atoms with van der Waals surface area (Å²) in [6, 6.07) is 0. The molecule has 0 aromatic heterocycles. The first-order valence-electron chi connectivity index (χ1n) is 23.8. The van der Waals surface area contributed by atoms with Crippen LogP contribution in [0.3, 0.4) is 0 Å². The number of ether oxygens (including phenoxy) is 2. The molecule has 0 aliphatic heterocycles. The average molecular weight is 852 g/mol. The average Bonchev–Trinajstić information content (AvgIpc) is 3.19. The van der Waals surface area contributed by atoms with E-state index in [1.807, 2.05) is 21.1 Å². The molecule has 0 aliphatic rings. The van der Waals surface area contributed by atoms with Crippen molar-refractivity contribution in [2.24, 2.45) is 0 Å². The number of quaternary nitrogens is 1. The van der Waals surface area contributed by atoms with Gasteiger partial charge in [0, 0.05) is 12.8 Å². The lowest BCUT2D eigenvalue weighted by atomic mass is 10.0. The van der Waals surface area contributed by atoms with E-state index in [4.69, 9.17) is 18.5 Å². The Morgan fingerprint density at radius 1 is 0.542 bits per heavy atom. The highest BCUT2D eigenvalue weighted by Gasteiger charge is 2.21. The Balaban J connectivity index is 4.25. The summed E-state index contributed by atoms with van der Waals surface area (Å²) >= 11 is 0. The summed E-state index contributed by atoms with van der Waals surface area (Å²) in [6.45, 7) is 4.11. The van der Waals surface area contributed by atoms with Crippen molar-refractivity contribution in [2.45, 2.75) is 206 Å². The second-order valence-electron chi connectivity index (χ2n) is 17.1. The van der Waals surface area contributed by atoms with E-state index in [1.165, 1.54) is 96.3 Å². The summed E-state index contributed by atoms with van der Waals surface area (Å²) in [5.41, 5.74) is 0. The molecule has 2 atom stereocenters. The third kappa shape index (κ3) is 45.3. The van der Waals surface area contributed by atoms with Gasteiger partial charge in [-0.15, -0.1) is 0 Å². The van der Waals surface area contributed by atoms with E-state index in [-0.39, 0.29) is 32.0 Å². The summed E-state index contributed by atoms with van der Waals surface area (Å²) in [7, 11) is 1.16. The van der Waals surface area contributed by atoms with E-state index < -0.39 is 26.5 Å². The quantitative estimate of drug-likeness (QED) is 0.0196. The number of carbonyl (C=O) groups is 2. The van der Waals surface area contributed by atoms with Gasteiger partial charge < -0.3 is 27.9 Å². The van der Waals surface area contributed by atoms with E-state index >= 15 is 0 Å². The van der Waals surface area contributed by atoms with Gasteiger partial charge in [0.05, 0.1) is 27.7 Å². The molecule has 0 aromatic rings. The number of carbonyl (C=O) groups excluding carboxylic acids is 2. The van der Waals surface area contributed by atoms with E-state index in [9.17, 15) is 19.0 Å². The van der Waals surface area contributed by atoms with E-state index in [1.54, 1.807) is 0 Å². The number of nitrogens with zero attached hydrogens (tertiary/aromatic N) is 1. The van der Waals surface area contributed by atoms with Gasteiger partial charge in [0.1, 0.15) is 19.8 Å². The van der Waals surface area contributed by atoms with Gasteiger partial charge in [-0.25, -0.2) is 0 Å². The largest absolute Gasteiger partial charge is 0.756 e. The molecule has 0 N–H and O–H groups in total. The van der Waals surface area contributed by atoms with Crippen molar-refractivity contribution in [1.82, 2.24) is 0 Å². The number of unbranched alkanes of at least 4 members (excludes halogenated alkanes) is 21. The van der Waals surface area contributed by atoms with Crippen molar-refractivity contribution >= 4 is 19.8 Å². The lowest BCUT2D eigenvalue weighted by Crippen LogP contribution is -2.37. The minimum Gasteiger partial charge on any atom is -0.756 e. The number of likely N-dealkylation sites (N-methyl/N-ethyl adjacent to an activating group) is 1. The zero-order valence-corrected chi connectivity index (χ0v) is 39.6. The van der Waals surface area contributed by atoms with Crippen LogP contribution >= 0.6 is 7.82 Å². The zero-order chi connectivity index (χ0) is 43.6. The van der Waals surface area contributed by atoms with Gasteiger partial charge in [0.25, 0.3) is 7.82 Å². The van der Waals surface area contributed by atoms with Crippen molar-refractivity contribution in [2.75, 3.05) is 47.5 Å². The van der Waals surface area contributed by atoms with Gasteiger partial charge in [0.15, 0.2) is 6.10 Å². The Hall–Kier alpha value is -2.03. The monoisotopic (exact) mass is 852 g/mol. The van der Waals surface area contributed by atoms with Gasteiger partial charge in [0.2, 0.25) is 0 Å². The lowest BCUT2D eigenvalue weighted by molar-refractivity contribution is -0.870. The van der Waals surface area contributed by atoms with Crippen LogP contribution in [0.1, 0.15) is 200 Å². The molecule has 0 aromatic carbocycles. The van der Waals surface area contributed by atoms with Crippen LogP contribution in [0.15, 0.2) is 48.6 Å². The highest BCUT2D eigenvalue weighted by atomic mass is 31.2. The Bertz CT molecular complexity index is 1150. The molecule has 0 saturated carbocycles. The number of hydrogen-bond acceptors (Lipinski definition) is 8. The Morgan fingerprint density at radius 2 is 0.966 bits per heavy atom. The van der Waals surface area contributed by atoms with Gasteiger partial charge in [-0.3, -0.25) is 14.2 Å². The number of rotatable bonds is 43. The standard InChI is InChI=1S/C49H90NO8P/c1-6-8-10-12-14-16-18-20-21-22-23-24-25-26-27-28-29-30-32-34-36-38-40-42-49(52)58-47(46-57-59(53,54)56-44-43-50(3,4)5)45-55-48(51)41-39-37-35-33-31-19-17-15-13-11-9-7-2/h8,10,14,16,20-21,23-24,47H,6-7,9,11-13,15,17-19,22,25-46H2,1-5H3/b10-8-,16-14-,21-20-,24-23-. The summed E-state index contributed by atoms with van der Waals surface area (Å²) in [5.74, 6) is -0.836. The summed E-state index contributed by atoms with van der Waals surface area (Å²) < 4.78 is 34.0. The van der Waals surface area contributed by atoms with Crippen molar-refractivity contribution in [1.29, 1.82) is 0 Å². The van der Waals surface area contributed by atoms with Crippen LogP contribution in [-0.2, 0) is 32.7 Å². The number of allylic oxidation sites excluding steroid dienone is 8. The molecule has 0 aliphatic carbocycles. The lowest BCUT2D eigenvalue weighted by Gasteiger charge is -2.28. The second-order valence-corrected chi connectivity index (χ2v) is 18.5. The van der Waals surface area contributed by atoms with Gasteiger partial charge in [-0.05, 0) is 51.4 Å². The maximum absolute atomic E-state index is 12.7. The van der Waals surface area contributed by atoms with Crippen molar-refractivity contribution in [3.05, 3.63) is 48.6 Å². The molecular formula is C49H90NO8P. The van der Waals surface area contributed by atoms with E-state index in [0.29, 0.717) is 17.4 Å². The van der Waals surface area contributed by atoms with Gasteiger partial charge in [-0.1, -0.05) is 184 Å². The summed E-state index contributed by atoms with van der Waals surface area (Å²) in [6.07, 6.45) is 48.5.